The minimum atomic E-state index is -0.495. The summed E-state index contributed by atoms with van der Waals surface area (Å²) in [5.41, 5.74) is -0.495. The standard InChI is InChI=1S/C39H78N2O6/c1-4-7-10-13-16-19-31-44-34-39(35-45-32-20-17-14-11-8-5-2,36-46-33-21-18-15-12-9-6-3)37-47-38(43)23-22-24-40-25-27-41(28-26-40)29-30-42/h42H,4-37H2,1-3H3. The third-order valence-electron chi connectivity index (χ3n) is 9.43. The molecule has 1 rings (SSSR count). The number of carbonyl (C=O) groups excluding carboxylic acids is 1. The van der Waals surface area contributed by atoms with E-state index in [0.29, 0.717) is 26.2 Å². The predicted molar refractivity (Wildman–Crippen MR) is 195 cm³/mol. The first-order chi connectivity index (χ1) is 23.1. The molecule has 1 saturated heterocycles. The summed E-state index contributed by atoms with van der Waals surface area (Å²) >= 11 is 0. The Kier molecular flexibility index (Phi) is 30.5. The maximum absolute atomic E-state index is 13.0. The Hall–Kier alpha value is -0.770. The first kappa shape index (κ1) is 44.3. The zero-order chi connectivity index (χ0) is 34.1. The largest absolute Gasteiger partial charge is 0.465 e. The number of hydrogen-bond donors (Lipinski definition) is 1. The van der Waals surface area contributed by atoms with E-state index in [-0.39, 0.29) is 19.2 Å². The molecule has 1 aliphatic rings. The Morgan fingerprint density at radius 2 is 0.915 bits per heavy atom. The molecule has 0 aromatic carbocycles. The van der Waals surface area contributed by atoms with E-state index in [1.807, 2.05) is 0 Å². The van der Waals surface area contributed by atoms with Gasteiger partial charge in [-0.15, -0.1) is 0 Å². The van der Waals surface area contributed by atoms with E-state index >= 15 is 0 Å². The lowest BCUT2D eigenvalue weighted by Gasteiger charge is -2.34. The van der Waals surface area contributed by atoms with Gasteiger partial charge < -0.3 is 29.0 Å². The van der Waals surface area contributed by atoms with Gasteiger partial charge in [0.1, 0.15) is 6.61 Å². The Balaban J connectivity index is 2.66. The van der Waals surface area contributed by atoms with Crippen LogP contribution in [-0.4, -0.2) is 113 Å². The van der Waals surface area contributed by atoms with Gasteiger partial charge in [-0.05, 0) is 32.2 Å². The summed E-state index contributed by atoms with van der Waals surface area (Å²) in [6, 6.07) is 0. The molecule has 8 nitrogen and oxygen atoms in total. The summed E-state index contributed by atoms with van der Waals surface area (Å²) in [4.78, 5) is 17.7. The van der Waals surface area contributed by atoms with E-state index in [1.54, 1.807) is 0 Å². The van der Waals surface area contributed by atoms with Crippen LogP contribution in [0.3, 0.4) is 0 Å². The fourth-order valence-electron chi connectivity index (χ4n) is 6.20. The molecule has 47 heavy (non-hydrogen) atoms. The van der Waals surface area contributed by atoms with Gasteiger partial charge in [-0.3, -0.25) is 9.69 Å². The second-order valence-electron chi connectivity index (χ2n) is 14.1. The number of esters is 1. The number of ether oxygens (including phenoxy) is 4. The topological polar surface area (TPSA) is 80.7 Å². The van der Waals surface area contributed by atoms with E-state index < -0.39 is 5.41 Å². The third-order valence-corrected chi connectivity index (χ3v) is 9.43. The highest BCUT2D eigenvalue weighted by Gasteiger charge is 2.34. The smallest absolute Gasteiger partial charge is 0.305 e. The van der Waals surface area contributed by atoms with Crippen molar-refractivity contribution in [2.24, 2.45) is 5.41 Å². The minimum absolute atomic E-state index is 0.143. The van der Waals surface area contributed by atoms with Crippen molar-refractivity contribution < 1.29 is 28.8 Å². The molecule has 1 N–H and O–H groups in total. The predicted octanol–water partition coefficient (Wildman–Crippen LogP) is 8.04. The Morgan fingerprint density at radius 1 is 0.532 bits per heavy atom. The molecule has 1 aliphatic heterocycles. The van der Waals surface area contributed by atoms with Crippen molar-refractivity contribution in [3.05, 3.63) is 0 Å². The maximum Gasteiger partial charge on any atom is 0.305 e. The highest BCUT2D eigenvalue weighted by molar-refractivity contribution is 5.69. The molecule has 0 aliphatic carbocycles. The van der Waals surface area contributed by atoms with Crippen LogP contribution in [0.4, 0.5) is 0 Å². The van der Waals surface area contributed by atoms with E-state index in [9.17, 15) is 9.90 Å². The molecule has 1 fully saturated rings. The normalized spacial score (nSPS) is 14.6. The SMILES string of the molecule is CCCCCCCCOCC(COCCCCCCCC)(COCCCCCCCC)COC(=O)CCCN1CCN(CCO)CC1. The average molecular weight is 671 g/mol. The second-order valence-corrected chi connectivity index (χ2v) is 14.1. The molecule has 1 heterocycles. The first-order valence-corrected chi connectivity index (χ1v) is 20.0. The van der Waals surface area contributed by atoms with Crippen molar-refractivity contribution in [1.29, 1.82) is 0 Å². The first-order valence-electron chi connectivity index (χ1n) is 20.0. The van der Waals surface area contributed by atoms with Crippen LogP contribution < -0.4 is 0 Å². The molecule has 0 unspecified atom stereocenters. The highest BCUT2D eigenvalue weighted by Crippen LogP contribution is 2.23. The molecule has 0 aromatic rings. The lowest BCUT2D eigenvalue weighted by Crippen LogP contribution is -2.47. The summed E-state index contributed by atoms with van der Waals surface area (Å²) < 4.78 is 24.9. The van der Waals surface area contributed by atoms with Crippen molar-refractivity contribution in [3.63, 3.8) is 0 Å². The van der Waals surface area contributed by atoms with Crippen LogP contribution in [0.25, 0.3) is 0 Å². The van der Waals surface area contributed by atoms with Crippen LogP contribution in [0.1, 0.15) is 149 Å². The van der Waals surface area contributed by atoms with Gasteiger partial charge in [-0.1, -0.05) is 117 Å². The monoisotopic (exact) mass is 671 g/mol. The number of aliphatic hydroxyl groups is 1. The van der Waals surface area contributed by atoms with Crippen LogP contribution >= 0.6 is 0 Å². The van der Waals surface area contributed by atoms with E-state index in [4.69, 9.17) is 18.9 Å². The van der Waals surface area contributed by atoms with E-state index in [1.165, 1.54) is 96.3 Å². The Bertz CT molecular complexity index is 624. The summed E-state index contributed by atoms with van der Waals surface area (Å²) in [7, 11) is 0. The van der Waals surface area contributed by atoms with Crippen LogP contribution in [0.15, 0.2) is 0 Å². The number of carbonyl (C=O) groups is 1. The zero-order valence-corrected chi connectivity index (χ0v) is 31.4. The van der Waals surface area contributed by atoms with Crippen LogP contribution in [-0.2, 0) is 23.7 Å². The molecule has 0 spiro atoms. The molecule has 8 heteroatoms. The molecule has 0 amide bonds. The van der Waals surface area contributed by atoms with Gasteiger partial charge >= 0.3 is 5.97 Å². The number of nitrogens with zero attached hydrogens (tertiary/aromatic N) is 2. The quantitative estimate of drug-likeness (QED) is 0.0536. The summed E-state index contributed by atoms with van der Waals surface area (Å²) in [6.07, 6.45) is 23.4. The molecule has 0 aromatic heterocycles. The van der Waals surface area contributed by atoms with Crippen molar-refractivity contribution in [2.75, 3.05) is 92.1 Å². The fraction of sp³-hybridized carbons (Fsp3) is 0.974. The molecule has 0 radical (unpaired) electrons. The number of piperazine rings is 1. The van der Waals surface area contributed by atoms with Crippen LogP contribution in [0, 0.1) is 5.41 Å². The maximum atomic E-state index is 13.0. The van der Waals surface area contributed by atoms with Gasteiger partial charge in [0.25, 0.3) is 0 Å². The average Bonchev–Trinajstić information content (AvgIpc) is 3.08. The van der Waals surface area contributed by atoms with Crippen molar-refractivity contribution in [2.45, 2.75) is 149 Å². The van der Waals surface area contributed by atoms with Gasteiger partial charge in [0, 0.05) is 59.0 Å². The lowest BCUT2D eigenvalue weighted by molar-refractivity contribution is -0.156. The Labute approximate surface area is 291 Å². The van der Waals surface area contributed by atoms with Crippen molar-refractivity contribution in [3.8, 4) is 0 Å². The number of unbranched alkanes of at least 4 members (excludes halogenated alkanes) is 15. The second kappa shape index (κ2) is 32.4. The van der Waals surface area contributed by atoms with Gasteiger partial charge in [0.2, 0.25) is 0 Å². The minimum Gasteiger partial charge on any atom is -0.465 e. The third kappa shape index (κ3) is 25.8. The number of aliphatic hydroxyl groups excluding tert-OH is 1. The molecule has 0 atom stereocenters. The summed E-state index contributed by atoms with van der Waals surface area (Å²) in [5, 5.41) is 9.19. The Morgan fingerprint density at radius 3 is 1.32 bits per heavy atom. The van der Waals surface area contributed by atoms with Gasteiger partial charge in [-0.2, -0.15) is 0 Å². The summed E-state index contributed by atoms with van der Waals surface area (Å²) in [6.45, 7) is 16.4. The number of hydrogen-bond acceptors (Lipinski definition) is 8. The van der Waals surface area contributed by atoms with Gasteiger partial charge in [0.15, 0.2) is 0 Å². The highest BCUT2D eigenvalue weighted by atomic mass is 16.5. The molecule has 0 bridgehead atoms. The van der Waals surface area contributed by atoms with E-state index in [2.05, 4.69) is 30.6 Å². The lowest BCUT2D eigenvalue weighted by atomic mass is 9.92. The zero-order valence-electron chi connectivity index (χ0n) is 31.4. The molecular formula is C39H78N2O6. The van der Waals surface area contributed by atoms with Gasteiger partial charge in [0.05, 0.1) is 31.8 Å². The van der Waals surface area contributed by atoms with Crippen LogP contribution in [0.5, 0.6) is 0 Å². The van der Waals surface area contributed by atoms with Gasteiger partial charge in [-0.25, -0.2) is 0 Å². The summed E-state index contributed by atoms with van der Waals surface area (Å²) in [5.74, 6) is -0.143. The number of β-amino-alcohol motifs (C(OH)–C–C–N with tert-alkyl or cyclic N) is 1. The fourth-order valence-corrected chi connectivity index (χ4v) is 6.20. The molecule has 280 valence electrons. The number of rotatable bonds is 35. The van der Waals surface area contributed by atoms with Crippen molar-refractivity contribution in [1.82, 2.24) is 9.80 Å². The molecular weight excluding hydrogens is 592 g/mol. The molecule has 0 saturated carbocycles. The van der Waals surface area contributed by atoms with Crippen LogP contribution in [0.2, 0.25) is 0 Å². The van der Waals surface area contributed by atoms with Crippen molar-refractivity contribution >= 4 is 5.97 Å². The van der Waals surface area contributed by atoms with E-state index in [0.717, 1.165) is 84.8 Å².